The summed E-state index contributed by atoms with van der Waals surface area (Å²) in [4.78, 5) is 0. The molecule has 0 bridgehead atoms. The van der Waals surface area contributed by atoms with Crippen molar-refractivity contribution in [2.45, 2.75) is 25.4 Å². The summed E-state index contributed by atoms with van der Waals surface area (Å²) in [5, 5.41) is 0. The Morgan fingerprint density at radius 2 is 0.818 bits per heavy atom. The van der Waals surface area contributed by atoms with Crippen LogP contribution >= 0.6 is 31.9 Å². The van der Waals surface area contributed by atoms with Gasteiger partial charge in [-0.3, -0.25) is 0 Å². The van der Waals surface area contributed by atoms with E-state index in [1.54, 1.807) is 42.7 Å². The number of benzene rings is 4. The zero-order chi connectivity index (χ0) is 31.6. The maximum absolute atomic E-state index is 6.74. The summed E-state index contributed by atoms with van der Waals surface area (Å²) >= 11 is 7.36. The van der Waals surface area contributed by atoms with Gasteiger partial charge >= 0.3 is 0 Å². The highest BCUT2D eigenvalue weighted by Crippen LogP contribution is 2.47. The van der Waals surface area contributed by atoms with E-state index in [2.05, 4.69) is 31.9 Å². The Hall–Kier alpha value is -3.44. The zero-order valence-electron chi connectivity index (χ0n) is 25.5. The minimum atomic E-state index is -0.495. The average Bonchev–Trinajstić information content (AvgIpc) is 3.07. The van der Waals surface area contributed by atoms with Crippen LogP contribution in [0.1, 0.15) is 34.5 Å². The van der Waals surface area contributed by atoms with Gasteiger partial charge in [0, 0.05) is 0 Å². The normalized spacial score (nSPS) is 12.3. The molecule has 4 aromatic carbocycles. The van der Waals surface area contributed by atoms with Crippen molar-refractivity contribution in [3.63, 3.8) is 0 Å². The monoisotopic (exact) mass is 730 g/mol. The van der Waals surface area contributed by atoms with Gasteiger partial charge in [-0.1, -0.05) is 60.7 Å². The molecule has 0 amide bonds. The summed E-state index contributed by atoms with van der Waals surface area (Å²) in [6.45, 7) is 0.439. The average molecular weight is 732 g/mol. The standard InChI is InChI=1S/C34H36Br2O8/c1-37-25-17-23(27(35)33(41-5)31(25)39-3)19-43-29(21-13-9-7-10-14-21)30(22-15-11-8-12-16-22)44-20-24-18-26(38-2)32(40-4)34(42-6)28(24)36/h7-18,29-30H,19-20H2,1-6H3/t29-,30-/m0/s1. The largest absolute Gasteiger partial charge is 0.493 e. The molecule has 0 saturated heterocycles. The van der Waals surface area contributed by atoms with Crippen LogP contribution in [0.25, 0.3) is 0 Å². The van der Waals surface area contributed by atoms with Crippen LogP contribution in [0.15, 0.2) is 81.7 Å². The number of ether oxygens (including phenoxy) is 8. The third-order valence-electron chi connectivity index (χ3n) is 7.06. The van der Waals surface area contributed by atoms with Crippen molar-refractivity contribution in [2.75, 3.05) is 42.7 Å². The molecule has 44 heavy (non-hydrogen) atoms. The van der Waals surface area contributed by atoms with Crippen molar-refractivity contribution >= 4 is 31.9 Å². The quantitative estimate of drug-likeness (QED) is 0.121. The van der Waals surface area contributed by atoms with Gasteiger partial charge in [0.15, 0.2) is 23.0 Å². The van der Waals surface area contributed by atoms with Gasteiger partial charge in [0.2, 0.25) is 11.5 Å². The smallest absolute Gasteiger partial charge is 0.204 e. The van der Waals surface area contributed by atoms with Crippen LogP contribution in [-0.4, -0.2) is 42.7 Å². The summed E-state index contributed by atoms with van der Waals surface area (Å²) < 4.78 is 48.5. The van der Waals surface area contributed by atoms with Crippen LogP contribution in [0.2, 0.25) is 0 Å². The van der Waals surface area contributed by atoms with E-state index in [1.165, 1.54) is 0 Å². The van der Waals surface area contributed by atoms with Crippen molar-refractivity contribution in [1.82, 2.24) is 0 Å². The maximum Gasteiger partial charge on any atom is 0.204 e. The van der Waals surface area contributed by atoms with E-state index in [0.717, 1.165) is 22.3 Å². The van der Waals surface area contributed by atoms with E-state index < -0.39 is 12.2 Å². The van der Waals surface area contributed by atoms with E-state index >= 15 is 0 Å². The molecule has 0 aromatic heterocycles. The number of hydrogen-bond donors (Lipinski definition) is 0. The van der Waals surface area contributed by atoms with Gasteiger partial charge in [-0.15, -0.1) is 0 Å². The molecule has 0 fully saturated rings. The van der Waals surface area contributed by atoms with Crippen LogP contribution < -0.4 is 28.4 Å². The molecule has 0 radical (unpaired) electrons. The molecule has 0 spiro atoms. The van der Waals surface area contributed by atoms with E-state index in [4.69, 9.17) is 37.9 Å². The van der Waals surface area contributed by atoms with Gasteiger partial charge < -0.3 is 37.9 Å². The molecule has 4 aromatic rings. The lowest BCUT2D eigenvalue weighted by molar-refractivity contribution is -0.0911. The number of hydrogen-bond acceptors (Lipinski definition) is 8. The Bertz CT molecular complexity index is 1400. The molecule has 0 saturated carbocycles. The van der Waals surface area contributed by atoms with Crippen molar-refractivity contribution in [1.29, 1.82) is 0 Å². The SMILES string of the molecule is COc1cc(CO[C@@H](c2ccccc2)[C@@H](OCc2cc(OC)c(OC)c(OC)c2Br)c2ccccc2)c(Br)c(OC)c1OC. The lowest BCUT2D eigenvalue weighted by Gasteiger charge is -2.29. The minimum absolute atomic E-state index is 0.220. The molecule has 0 heterocycles. The zero-order valence-corrected chi connectivity index (χ0v) is 28.7. The molecule has 8 nitrogen and oxygen atoms in total. The second kappa shape index (κ2) is 16.0. The van der Waals surface area contributed by atoms with Crippen molar-refractivity contribution in [2.24, 2.45) is 0 Å². The molecular formula is C34H36Br2O8. The van der Waals surface area contributed by atoms with Crippen LogP contribution in [0.3, 0.4) is 0 Å². The molecule has 0 aliphatic rings. The Morgan fingerprint density at radius 1 is 0.477 bits per heavy atom. The first-order chi connectivity index (χ1) is 21.4. The number of methoxy groups -OCH3 is 6. The topological polar surface area (TPSA) is 73.8 Å². The van der Waals surface area contributed by atoms with E-state index in [0.29, 0.717) is 43.4 Å². The Morgan fingerprint density at radius 3 is 1.11 bits per heavy atom. The highest BCUT2D eigenvalue weighted by Gasteiger charge is 2.29. The van der Waals surface area contributed by atoms with Gasteiger partial charge in [-0.05, 0) is 66.2 Å². The predicted octanol–water partition coefficient (Wildman–Crippen LogP) is 8.48. The summed E-state index contributed by atoms with van der Waals surface area (Å²) in [7, 11) is 9.48. The number of halogens is 2. The lowest BCUT2D eigenvalue weighted by Crippen LogP contribution is -2.18. The summed E-state index contributed by atoms with van der Waals surface area (Å²) in [5.74, 6) is 3.09. The third kappa shape index (κ3) is 7.26. The molecule has 4 rings (SSSR count). The van der Waals surface area contributed by atoms with Gasteiger partial charge in [-0.2, -0.15) is 0 Å². The molecular weight excluding hydrogens is 696 g/mol. The Labute approximate surface area is 275 Å². The van der Waals surface area contributed by atoms with Crippen LogP contribution in [0.5, 0.6) is 34.5 Å². The first kappa shape index (κ1) is 33.5. The summed E-state index contributed by atoms with van der Waals surface area (Å²) in [6, 6.07) is 23.8. The maximum atomic E-state index is 6.74. The van der Waals surface area contributed by atoms with Crippen molar-refractivity contribution < 1.29 is 37.9 Å². The second-order valence-electron chi connectivity index (χ2n) is 9.52. The molecule has 234 valence electrons. The third-order valence-corrected chi connectivity index (χ3v) is 8.80. The molecule has 2 atom stereocenters. The van der Waals surface area contributed by atoms with Crippen molar-refractivity contribution in [3.8, 4) is 34.5 Å². The van der Waals surface area contributed by atoms with Gasteiger partial charge in [0.05, 0.1) is 64.8 Å². The lowest BCUT2D eigenvalue weighted by atomic mass is 9.97. The first-order valence-corrected chi connectivity index (χ1v) is 15.3. The molecule has 0 aliphatic carbocycles. The highest BCUT2D eigenvalue weighted by atomic mass is 79.9. The molecule has 0 aliphatic heterocycles. The van der Waals surface area contributed by atoms with Crippen LogP contribution in [0, 0.1) is 0 Å². The van der Waals surface area contributed by atoms with E-state index in [1.807, 2.05) is 72.8 Å². The van der Waals surface area contributed by atoms with Crippen LogP contribution in [0.4, 0.5) is 0 Å². The minimum Gasteiger partial charge on any atom is -0.493 e. The fraction of sp³-hybridized carbons (Fsp3) is 0.294. The Balaban J connectivity index is 1.75. The molecule has 0 N–H and O–H groups in total. The van der Waals surface area contributed by atoms with Crippen molar-refractivity contribution in [3.05, 3.63) is 104 Å². The van der Waals surface area contributed by atoms with Gasteiger partial charge in [-0.25, -0.2) is 0 Å². The number of rotatable bonds is 15. The highest BCUT2D eigenvalue weighted by molar-refractivity contribution is 9.11. The predicted molar refractivity (Wildman–Crippen MR) is 176 cm³/mol. The first-order valence-electron chi connectivity index (χ1n) is 13.7. The summed E-state index contributed by atoms with van der Waals surface area (Å²) in [5.41, 5.74) is 3.54. The second-order valence-corrected chi connectivity index (χ2v) is 11.1. The van der Waals surface area contributed by atoms with E-state index in [-0.39, 0.29) is 13.2 Å². The fourth-order valence-corrected chi connectivity index (χ4v) is 6.06. The Kier molecular flexibility index (Phi) is 12.2. The fourth-order valence-electron chi connectivity index (χ4n) is 4.91. The van der Waals surface area contributed by atoms with E-state index in [9.17, 15) is 0 Å². The summed E-state index contributed by atoms with van der Waals surface area (Å²) in [6.07, 6.45) is -0.990. The van der Waals surface area contributed by atoms with Gasteiger partial charge in [0.1, 0.15) is 12.2 Å². The van der Waals surface area contributed by atoms with Gasteiger partial charge in [0.25, 0.3) is 0 Å². The molecule has 0 unspecified atom stereocenters. The van der Waals surface area contributed by atoms with Crippen LogP contribution in [-0.2, 0) is 22.7 Å². The molecule has 10 heteroatoms.